The largest absolute Gasteiger partial charge is 0.471 e. The molecular weight excluding hydrogens is 519 g/mol. The molecule has 13 heteroatoms. The van der Waals surface area contributed by atoms with Crippen molar-refractivity contribution in [3.63, 3.8) is 0 Å². The van der Waals surface area contributed by atoms with Gasteiger partial charge in [-0.3, -0.25) is 14.8 Å². The summed E-state index contributed by atoms with van der Waals surface area (Å²) in [7, 11) is 3.43. The summed E-state index contributed by atoms with van der Waals surface area (Å²) in [5.41, 5.74) is 2.85. The highest BCUT2D eigenvalue weighted by molar-refractivity contribution is 5.90. The molecule has 2 atom stereocenters. The van der Waals surface area contributed by atoms with E-state index in [0.29, 0.717) is 42.5 Å². The fraction of sp³-hybridized carbons (Fsp3) is 0.333. The van der Waals surface area contributed by atoms with E-state index in [0.717, 1.165) is 11.3 Å². The van der Waals surface area contributed by atoms with Crippen LogP contribution in [0.5, 0.6) is 5.88 Å². The van der Waals surface area contributed by atoms with Gasteiger partial charge < -0.3 is 14.8 Å². The van der Waals surface area contributed by atoms with E-state index in [1.807, 2.05) is 50.5 Å². The van der Waals surface area contributed by atoms with Crippen molar-refractivity contribution in [1.29, 1.82) is 0 Å². The van der Waals surface area contributed by atoms with Gasteiger partial charge in [0.15, 0.2) is 0 Å². The quantitative estimate of drug-likeness (QED) is 0.289. The molecule has 12 nitrogen and oxygen atoms in total. The summed E-state index contributed by atoms with van der Waals surface area (Å²) in [5, 5.41) is 16.4. The van der Waals surface area contributed by atoms with Crippen LogP contribution in [0.4, 0.5) is 15.0 Å². The van der Waals surface area contributed by atoms with Crippen LogP contribution in [0.3, 0.4) is 0 Å². The third-order valence-electron chi connectivity index (χ3n) is 6.41. The second kappa shape index (κ2) is 12.2. The normalized spacial score (nSPS) is 17.2. The van der Waals surface area contributed by atoms with Crippen molar-refractivity contribution in [3.05, 3.63) is 83.7 Å². The van der Waals surface area contributed by atoms with E-state index in [9.17, 15) is 9.18 Å². The van der Waals surface area contributed by atoms with Crippen LogP contribution >= 0.6 is 0 Å². The van der Waals surface area contributed by atoms with Crippen molar-refractivity contribution in [2.75, 3.05) is 32.1 Å². The predicted molar refractivity (Wildman–Crippen MR) is 143 cm³/mol. The Kier molecular flexibility index (Phi) is 8.34. The standard InChI is InChI=1S/C27H31FN8O4/c1-18-25(36(21-7-5-4-6-8-21)33-26(18)39-17-19-14-30-34(2)15-19)32-27(37)31-22-16-35(11-12-38-3)40-24(22)20-9-10-29-23(28)13-20/h4-10,13-15,22,24H,11-12,16-17H2,1-3H3,(H2,31,32,37)/t22-,24+/m1/s1. The zero-order valence-electron chi connectivity index (χ0n) is 22.5. The SMILES string of the molecule is COCCN1C[C@@H](NC(=O)Nc2c(C)c(OCc3cnn(C)c3)nn2-c2ccccc2)[C@H](c2ccnc(F)c2)O1. The van der Waals surface area contributed by atoms with Crippen LogP contribution in [-0.2, 0) is 23.2 Å². The summed E-state index contributed by atoms with van der Waals surface area (Å²) < 4.78 is 28.4. The Labute approximate surface area is 230 Å². The molecule has 1 fully saturated rings. The van der Waals surface area contributed by atoms with Gasteiger partial charge in [-0.15, -0.1) is 5.10 Å². The van der Waals surface area contributed by atoms with Crippen molar-refractivity contribution in [1.82, 2.24) is 34.9 Å². The maximum atomic E-state index is 13.9. The summed E-state index contributed by atoms with van der Waals surface area (Å²) in [6, 6.07) is 11.5. The number of halogens is 1. The number of hydrogen-bond acceptors (Lipinski definition) is 8. The number of hydrogen-bond donors (Lipinski definition) is 2. The number of methoxy groups -OCH3 is 1. The number of nitrogens with one attached hydrogen (secondary N) is 2. The first kappa shape index (κ1) is 27.2. The van der Waals surface area contributed by atoms with Gasteiger partial charge in [0.25, 0.3) is 0 Å². The maximum absolute atomic E-state index is 13.9. The molecule has 0 aliphatic carbocycles. The number of pyridine rings is 1. The highest BCUT2D eigenvalue weighted by atomic mass is 19.1. The highest BCUT2D eigenvalue weighted by Crippen LogP contribution is 2.31. The molecule has 1 aromatic carbocycles. The number of carbonyl (C=O) groups excluding carboxylic acids is 1. The molecule has 4 aromatic rings. The van der Waals surface area contributed by atoms with E-state index in [-0.39, 0.29) is 6.61 Å². The molecule has 2 amide bonds. The molecule has 1 saturated heterocycles. The van der Waals surface area contributed by atoms with Crippen molar-refractivity contribution < 1.29 is 23.5 Å². The van der Waals surface area contributed by atoms with Gasteiger partial charge in [0, 0.05) is 45.2 Å². The van der Waals surface area contributed by atoms with Gasteiger partial charge in [0.05, 0.1) is 30.1 Å². The molecule has 2 N–H and O–H groups in total. The van der Waals surface area contributed by atoms with Crippen LogP contribution in [0.25, 0.3) is 5.69 Å². The van der Waals surface area contributed by atoms with E-state index in [4.69, 9.17) is 14.3 Å². The summed E-state index contributed by atoms with van der Waals surface area (Å²) in [6.07, 6.45) is 4.35. The summed E-state index contributed by atoms with van der Waals surface area (Å²) in [6.45, 7) is 3.40. The summed E-state index contributed by atoms with van der Waals surface area (Å²) in [4.78, 5) is 23.0. The van der Waals surface area contributed by atoms with Gasteiger partial charge in [0.1, 0.15) is 18.5 Å². The molecule has 3 aromatic heterocycles. The minimum Gasteiger partial charge on any atom is -0.471 e. The number of aryl methyl sites for hydroxylation is 1. The second-order valence-electron chi connectivity index (χ2n) is 9.36. The monoisotopic (exact) mass is 550 g/mol. The number of aromatic nitrogens is 5. The molecule has 1 aliphatic rings. The fourth-order valence-electron chi connectivity index (χ4n) is 4.46. The lowest BCUT2D eigenvalue weighted by atomic mass is 10.0. The summed E-state index contributed by atoms with van der Waals surface area (Å²) >= 11 is 0. The third-order valence-corrected chi connectivity index (χ3v) is 6.41. The van der Waals surface area contributed by atoms with Gasteiger partial charge >= 0.3 is 6.03 Å². The van der Waals surface area contributed by atoms with Crippen LogP contribution in [0.15, 0.2) is 61.1 Å². The van der Waals surface area contributed by atoms with Gasteiger partial charge in [-0.2, -0.15) is 14.6 Å². The summed E-state index contributed by atoms with van der Waals surface area (Å²) in [5.74, 6) is 0.204. The fourth-order valence-corrected chi connectivity index (χ4v) is 4.46. The molecular formula is C27H31FN8O4. The molecule has 4 heterocycles. The Hall–Kier alpha value is -4.33. The smallest absolute Gasteiger partial charge is 0.320 e. The van der Waals surface area contributed by atoms with Crippen molar-refractivity contribution >= 4 is 11.8 Å². The number of hydroxylamine groups is 2. The van der Waals surface area contributed by atoms with Crippen molar-refractivity contribution in [2.24, 2.45) is 7.05 Å². The predicted octanol–water partition coefficient (Wildman–Crippen LogP) is 3.15. The molecule has 0 saturated carbocycles. The molecule has 40 heavy (non-hydrogen) atoms. The van der Waals surface area contributed by atoms with Crippen LogP contribution in [0.2, 0.25) is 0 Å². The van der Waals surface area contributed by atoms with E-state index >= 15 is 0 Å². The van der Waals surface area contributed by atoms with E-state index in [1.54, 1.807) is 33.8 Å². The Morgan fingerprint density at radius 3 is 2.80 bits per heavy atom. The lowest BCUT2D eigenvalue weighted by Gasteiger charge is -2.19. The molecule has 0 unspecified atom stereocenters. The Bertz CT molecular complexity index is 1440. The van der Waals surface area contributed by atoms with Crippen LogP contribution in [0, 0.1) is 12.9 Å². The van der Waals surface area contributed by atoms with E-state index in [2.05, 4.69) is 25.8 Å². The Balaban J connectivity index is 1.36. The zero-order valence-corrected chi connectivity index (χ0v) is 22.5. The Morgan fingerprint density at radius 1 is 1.25 bits per heavy atom. The van der Waals surface area contributed by atoms with E-state index < -0.39 is 24.1 Å². The van der Waals surface area contributed by atoms with Gasteiger partial charge in [-0.25, -0.2) is 14.5 Å². The van der Waals surface area contributed by atoms with Crippen LogP contribution in [0.1, 0.15) is 22.8 Å². The zero-order chi connectivity index (χ0) is 28.1. The number of rotatable bonds is 10. The van der Waals surface area contributed by atoms with Crippen LogP contribution < -0.4 is 15.4 Å². The molecule has 210 valence electrons. The lowest BCUT2D eigenvalue weighted by Crippen LogP contribution is -2.42. The number of nitrogens with zero attached hydrogens (tertiary/aromatic N) is 6. The molecule has 0 radical (unpaired) electrons. The number of ether oxygens (including phenoxy) is 2. The first-order valence-electron chi connectivity index (χ1n) is 12.8. The number of carbonyl (C=O) groups is 1. The van der Waals surface area contributed by atoms with E-state index in [1.165, 1.54) is 12.3 Å². The van der Waals surface area contributed by atoms with Gasteiger partial charge in [0.2, 0.25) is 11.8 Å². The molecule has 5 rings (SSSR count). The minimum absolute atomic E-state index is 0.271. The minimum atomic E-state index is -0.624. The first-order valence-corrected chi connectivity index (χ1v) is 12.8. The van der Waals surface area contributed by atoms with Crippen molar-refractivity contribution in [3.8, 4) is 11.6 Å². The number of benzene rings is 1. The van der Waals surface area contributed by atoms with Gasteiger partial charge in [-0.05, 0) is 36.8 Å². The molecule has 1 aliphatic heterocycles. The Morgan fingerprint density at radius 2 is 2.08 bits per heavy atom. The molecule has 0 bridgehead atoms. The van der Waals surface area contributed by atoms with Crippen molar-refractivity contribution in [2.45, 2.75) is 25.7 Å². The topological polar surface area (TPSA) is 121 Å². The second-order valence-corrected chi connectivity index (χ2v) is 9.36. The highest BCUT2D eigenvalue weighted by Gasteiger charge is 2.37. The number of anilines is 1. The average molecular weight is 551 g/mol. The average Bonchev–Trinajstić information content (AvgIpc) is 3.64. The van der Waals surface area contributed by atoms with Gasteiger partial charge in [-0.1, -0.05) is 18.2 Å². The third kappa shape index (κ3) is 6.28. The first-order chi connectivity index (χ1) is 19.4. The maximum Gasteiger partial charge on any atom is 0.320 e. The molecule has 0 spiro atoms. The number of amides is 2. The van der Waals surface area contributed by atoms with Crippen LogP contribution in [-0.4, -0.2) is 68.5 Å². The number of urea groups is 1. The number of para-hydroxylation sites is 1. The lowest BCUT2D eigenvalue weighted by molar-refractivity contribution is -0.154.